The van der Waals surface area contributed by atoms with E-state index < -0.39 is 0 Å². The van der Waals surface area contributed by atoms with Crippen molar-refractivity contribution in [1.82, 2.24) is 0 Å². The highest BCUT2D eigenvalue weighted by molar-refractivity contribution is 6.25. The van der Waals surface area contributed by atoms with Crippen LogP contribution < -0.4 is 0 Å². The van der Waals surface area contributed by atoms with Gasteiger partial charge in [-0.2, -0.15) is 0 Å². The maximum Gasteiger partial charge on any atom is 0.143 e. The number of para-hydroxylation sites is 2. The Balaban J connectivity index is 1.34. The summed E-state index contributed by atoms with van der Waals surface area (Å²) in [6, 6.07) is 53.2. The number of benzene rings is 8. The van der Waals surface area contributed by atoms with Gasteiger partial charge in [0.2, 0.25) is 0 Å². The molecule has 0 aliphatic heterocycles. The first-order valence-electron chi connectivity index (χ1n) is 16.1. The third kappa shape index (κ3) is 3.30. The molecular formula is C45H30O. The van der Waals surface area contributed by atoms with Gasteiger partial charge in [-0.05, 0) is 71.8 Å². The first-order chi connectivity index (χ1) is 22.6. The Bertz CT molecular complexity index is 2660. The Labute approximate surface area is 267 Å². The Kier molecular flexibility index (Phi) is 5.12. The van der Waals surface area contributed by atoms with Crippen molar-refractivity contribution in [3.05, 3.63) is 157 Å². The average Bonchev–Trinajstić information content (AvgIpc) is 3.60. The molecule has 1 aliphatic carbocycles. The summed E-state index contributed by atoms with van der Waals surface area (Å²) in [7, 11) is 0. The zero-order valence-electron chi connectivity index (χ0n) is 25.8. The van der Waals surface area contributed by atoms with Gasteiger partial charge in [0.15, 0.2) is 0 Å². The third-order valence-corrected chi connectivity index (χ3v) is 10.4. The van der Waals surface area contributed by atoms with E-state index in [4.69, 9.17) is 4.42 Å². The predicted molar refractivity (Wildman–Crippen MR) is 195 cm³/mol. The lowest BCUT2D eigenvalue weighted by Crippen LogP contribution is -2.16. The van der Waals surface area contributed by atoms with E-state index in [1.165, 1.54) is 71.3 Å². The van der Waals surface area contributed by atoms with E-state index in [-0.39, 0.29) is 5.41 Å². The van der Waals surface area contributed by atoms with Crippen molar-refractivity contribution in [2.45, 2.75) is 19.3 Å². The summed E-state index contributed by atoms with van der Waals surface area (Å²) in [5, 5.41) is 9.91. The highest BCUT2D eigenvalue weighted by atomic mass is 16.3. The number of rotatable bonds is 2. The van der Waals surface area contributed by atoms with Crippen molar-refractivity contribution in [2.75, 3.05) is 0 Å². The minimum Gasteiger partial charge on any atom is -0.455 e. The molecule has 0 spiro atoms. The highest BCUT2D eigenvalue weighted by Crippen LogP contribution is 2.56. The van der Waals surface area contributed by atoms with Gasteiger partial charge in [-0.15, -0.1) is 0 Å². The van der Waals surface area contributed by atoms with Gasteiger partial charge in [0.1, 0.15) is 11.2 Å². The molecule has 216 valence electrons. The minimum atomic E-state index is -0.161. The van der Waals surface area contributed by atoms with Crippen LogP contribution in [-0.2, 0) is 5.41 Å². The largest absolute Gasteiger partial charge is 0.455 e. The first kappa shape index (κ1) is 25.6. The summed E-state index contributed by atoms with van der Waals surface area (Å²) in [5.41, 5.74) is 12.2. The van der Waals surface area contributed by atoms with Gasteiger partial charge in [-0.1, -0.05) is 153 Å². The fraction of sp³-hybridized carbons (Fsp3) is 0.0667. The molecule has 8 aromatic carbocycles. The monoisotopic (exact) mass is 586 g/mol. The fourth-order valence-corrected chi connectivity index (χ4v) is 8.51. The van der Waals surface area contributed by atoms with Crippen LogP contribution in [0.5, 0.6) is 0 Å². The van der Waals surface area contributed by atoms with Crippen molar-refractivity contribution >= 4 is 54.3 Å². The Morgan fingerprint density at radius 1 is 0.391 bits per heavy atom. The van der Waals surface area contributed by atoms with Crippen molar-refractivity contribution in [2.24, 2.45) is 0 Å². The third-order valence-electron chi connectivity index (χ3n) is 10.4. The van der Waals surface area contributed by atoms with Crippen molar-refractivity contribution < 1.29 is 4.42 Å². The molecule has 0 amide bonds. The molecule has 0 atom stereocenters. The molecule has 0 saturated heterocycles. The van der Waals surface area contributed by atoms with E-state index in [2.05, 4.69) is 153 Å². The molecule has 1 nitrogen and oxygen atoms in total. The quantitative estimate of drug-likeness (QED) is 0.184. The molecule has 10 rings (SSSR count). The number of hydrogen-bond donors (Lipinski definition) is 0. The molecule has 9 aromatic rings. The van der Waals surface area contributed by atoms with Crippen LogP contribution in [-0.4, -0.2) is 0 Å². The van der Waals surface area contributed by atoms with E-state index >= 15 is 0 Å². The molecule has 1 aromatic heterocycles. The maximum atomic E-state index is 6.61. The van der Waals surface area contributed by atoms with Crippen LogP contribution in [0.15, 0.2) is 150 Å². The standard InChI is InChI=1S/C45H30O/c1-45(2)38-26-25-27-13-3-4-14-28(27)42(38)36-22-12-21-35(43(36)45)40-30-16-5-7-18-32(30)41(33-19-8-6-17-31(33)40)37-23-11-20-34-29-15-9-10-24-39(29)46-44(34)37/h3-26H,1-2H3. The Hall–Kier alpha value is -5.66. The number of hydrogen-bond acceptors (Lipinski definition) is 1. The van der Waals surface area contributed by atoms with E-state index in [1.807, 2.05) is 6.07 Å². The van der Waals surface area contributed by atoms with Gasteiger partial charge in [0.25, 0.3) is 0 Å². The molecule has 1 heteroatoms. The normalized spacial score (nSPS) is 13.6. The van der Waals surface area contributed by atoms with E-state index in [0.717, 1.165) is 27.5 Å². The lowest BCUT2D eigenvalue weighted by Gasteiger charge is -2.26. The molecule has 1 aliphatic rings. The van der Waals surface area contributed by atoms with Gasteiger partial charge in [-0.25, -0.2) is 0 Å². The number of fused-ring (bicyclic) bond motifs is 10. The molecule has 0 N–H and O–H groups in total. The predicted octanol–water partition coefficient (Wildman–Crippen LogP) is 12.7. The second-order valence-electron chi connectivity index (χ2n) is 13.2. The van der Waals surface area contributed by atoms with Crippen molar-refractivity contribution in [1.29, 1.82) is 0 Å². The average molecular weight is 587 g/mol. The van der Waals surface area contributed by atoms with Crippen molar-refractivity contribution in [3.63, 3.8) is 0 Å². The summed E-state index contributed by atoms with van der Waals surface area (Å²) in [4.78, 5) is 0. The SMILES string of the molecule is CC1(C)c2ccc3ccccc3c2-c2cccc(-c3c4ccccc4c(-c4cccc5c4oc4ccccc45)c4ccccc34)c21. The van der Waals surface area contributed by atoms with Gasteiger partial charge in [0, 0.05) is 27.3 Å². The van der Waals surface area contributed by atoms with Crippen molar-refractivity contribution in [3.8, 4) is 33.4 Å². The molecule has 0 fully saturated rings. The van der Waals surface area contributed by atoms with Crippen LogP contribution in [0.1, 0.15) is 25.0 Å². The van der Waals surface area contributed by atoms with Crippen LogP contribution in [0.25, 0.3) is 87.6 Å². The molecule has 0 radical (unpaired) electrons. The summed E-state index contributed by atoms with van der Waals surface area (Å²) in [6.45, 7) is 4.80. The van der Waals surface area contributed by atoms with Crippen LogP contribution in [0.4, 0.5) is 0 Å². The van der Waals surface area contributed by atoms with Crippen LogP contribution in [0, 0.1) is 0 Å². The smallest absolute Gasteiger partial charge is 0.143 e. The molecule has 0 bridgehead atoms. The Morgan fingerprint density at radius 2 is 0.891 bits per heavy atom. The summed E-state index contributed by atoms with van der Waals surface area (Å²) in [5.74, 6) is 0. The lowest BCUT2D eigenvalue weighted by atomic mass is 9.76. The fourth-order valence-electron chi connectivity index (χ4n) is 8.51. The lowest BCUT2D eigenvalue weighted by molar-refractivity contribution is 0.663. The van der Waals surface area contributed by atoms with E-state index in [9.17, 15) is 0 Å². The molecule has 0 saturated carbocycles. The topological polar surface area (TPSA) is 13.1 Å². The van der Waals surface area contributed by atoms with Crippen LogP contribution in [0.3, 0.4) is 0 Å². The van der Waals surface area contributed by atoms with E-state index in [0.29, 0.717) is 0 Å². The highest BCUT2D eigenvalue weighted by Gasteiger charge is 2.39. The van der Waals surface area contributed by atoms with Gasteiger partial charge >= 0.3 is 0 Å². The van der Waals surface area contributed by atoms with Crippen LogP contribution >= 0.6 is 0 Å². The molecular weight excluding hydrogens is 556 g/mol. The molecule has 46 heavy (non-hydrogen) atoms. The second kappa shape index (κ2) is 9.19. The van der Waals surface area contributed by atoms with E-state index in [1.54, 1.807) is 0 Å². The van der Waals surface area contributed by atoms with Gasteiger partial charge in [-0.3, -0.25) is 0 Å². The number of furan rings is 1. The second-order valence-corrected chi connectivity index (χ2v) is 13.2. The minimum absolute atomic E-state index is 0.161. The summed E-state index contributed by atoms with van der Waals surface area (Å²) in [6.07, 6.45) is 0. The summed E-state index contributed by atoms with van der Waals surface area (Å²) < 4.78 is 6.61. The first-order valence-corrected chi connectivity index (χ1v) is 16.1. The Morgan fingerprint density at radius 3 is 1.59 bits per heavy atom. The molecule has 0 unspecified atom stereocenters. The maximum absolute atomic E-state index is 6.61. The zero-order chi connectivity index (χ0) is 30.6. The van der Waals surface area contributed by atoms with Gasteiger partial charge in [0.05, 0.1) is 0 Å². The zero-order valence-corrected chi connectivity index (χ0v) is 25.8. The summed E-state index contributed by atoms with van der Waals surface area (Å²) >= 11 is 0. The van der Waals surface area contributed by atoms with Gasteiger partial charge < -0.3 is 4.42 Å². The van der Waals surface area contributed by atoms with Crippen LogP contribution in [0.2, 0.25) is 0 Å². The molecule has 1 heterocycles.